The summed E-state index contributed by atoms with van der Waals surface area (Å²) in [5, 5.41) is 7.18. The van der Waals surface area contributed by atoms with Crippen molar-refractivity contribution in [1.29, 1.82) is 0 Å². The van der Waals surface area contributed by atoms with E-state index >= 15 is 0 Å². The van der Waals surface area contributed by atoms with Gasteiger partial charge in [-0.3, -0.25) is 4.68 Å². The minimum absolute atomic E-state index is 0.902. The fourth-order valence-electron chi connectivity index (χ4n) is 2.83. The van der Waals surface area contributed by atoms with Crippen molar-refractivity contribution in [1.82, 2.24) is 14.8 Å². The molecule has 2 aromatic carbocycles. The van der Waals surface area contributed by atoms with Gasteiger partial charge in [-0.15, -0.1) is 0 Å². The van der Waals surface area contributed by atoms with E-state index in [1.807, 2.05) is 11.0 Å². The Bertz CT molecular complexity index is 686. The first-order valence-electron chi connectivity index (χ1n) is 7.55. The first-order chi connectivity index (χ1) is 10.6. The summed E-state index contributed by atoms with van der Waals surface area (Å²) >= 11 is 0. The number of nitrogens with zero attached hydrogens (tertiary/aromatic N) is 3. The van der Waals surface area contributed by atoms with Crippen molar-refractivity contribution in [3.8, 4) is 0 Å². The van der Waals surface area contributed by atoms with E-state index in [1.165, 1.54) is 21.5 Å². The summed E-state index contributed by atoms with van der Waals surface area (Å²) in [7, 11) is -1.89. The number of rotatable bonds is 4. The zero-order chi connectivity index (χ0) is 15.6. The van der Waals surface area contributed by atoms with Gasteiger partial charge in [0.1, 0.15) is 20.7 Å². The average molecular weight is 307 g/mol. The van der Waals surface area contributed by atoms with Gasteiger partial charge in [0.15, 0.2) is 0 Å². The molecule has 1 heterocycles. The minimum atomic E-state index is -1.89. The zero-order valence-corrected chi connectivity index (χ0v) is 14.3. The second kappa shape index (κ2) is 5.89. The number of aromatic nitrogens is 3. The molecule has 4 heteroatoms. The Kier molecular flexibility index (Phi) is 3.94. The third-order valence-corrected chi connectivity index (χ3v) is 8.49. The molecule has 0 fully saturated rings. The van der Waals surface area contributed by atoms with Gasteiger partial charge in [-0.1, -0.05) is 76.6 Å². The van der Waals surface area contributed by atoms with Crippen LogP contribution in [0.25, 0.3) is 0 Å². The monoisotopic (exact) mass is 307 g/mol. The van der Waals surface area contributed by atoms with Crippen LogP contribution in [0.4, 0.5) is 0 Å². The summed E-state index contributed by atoms with van der Waals surface area (Å²) in [5.74, 6) is 0. The van der Waals surface area contributed by atoms with Crippen molar-refractivity contribution in [3.63, 3.8) is 0 Å². The van der Waals surface area contributed by atoms with Gasteiger partial charge in [0, 0.05) is 6.17 Å². The highest BCUT2D eigenvalue weighted by atomic mass is 28.3. The lowest BCUT2D eigenvalue weighted by Gasteiger charge is -2.28. The summed E-state index contributed by atoms with van der Waals surface area (Å²) in [6.45, 7) is 6.67. The summed E-state index contributed by atoms with van der Waals surface area (Å²) < 4.78 is 1.96. The van der Waals surface area contributed by atoms with E-state index in [0.29, 0.717) is 0 Å². The van der Waals surface area contributed by atoms with E-state index < -0.39 is 8.07 Å². The Balaban J connectivity index is 2.08. The number of aryl methyl sites for hydroxylation is 2. The van der Waals surface area contributed by atoms with Gasteiger partial charge in [0.25, 0.3) is 0 Å². The normalized spacial score (nSPS) is 11.6. The maximum atomic E-state index is 4.33. The largest absolute Gasteiger partial charge is 0.255 e. The molecule has 3 aromatic rings. The molecule has 0 amide bonds. The van der Waals surface area contributed by atoms with E-state index in [2.05, 4.69) is 79.0 Å². The summed E-state index contributed by atoms with van der Waals surface area (Å²) in [6, 6.07) is 17.9. The molecule has 0 unspecified atom stereocenters. The molecular formula is C18H21N3Si. The molecule has 0 N–H and O–H groups in total. The van der Waals surface area contributed by atoms with Gasteiger partial charge in [0.05, 0.1) is 0 Å². The number of hydrogen-bond acceptors (Lipinski definition) is 2. The van der Waals surface area contributed by atoms with Crippen LogP contribution >= 0.6 is 0 Å². The van der Waals surface area contributed by atoms with Crippen LogP contribution in [-0.2, 0) is 6.17 Å². The van der Waals surface area contributed by atoms with Crippen LogP contribution in [0.3, 0.4) is 0 Å². The molecule has 1 aromatic heterocycles. The zero-order valence-electron chi connectivity index (χ0n) is 13.3. The topological polar surface area (TPSA) is 30.7 Å². The van der Waals surface area contributed by atoms with Crippen LogP contribution in [0.1, 0.15) is 11.1 Å². The highest BCUT2D eigenvalue weighted by Gasteiger charge is 2.32. The number of benzene rings is 2. The summed E-state index contributed by atoms with van der Waals surface area (Å²) in [4.78, 5) is 4.10. The van der Waals surface area contributed by atoms with E-state index in [9.17, 15) is 0 Å². The van der Waals surface area contributed by atoms with Crippen LogP contribution < -0.4 is 10.4 Å². The Morgan fingerprint density at radius 3 is 1.77 bits per heavy atom. The smallest absolute Gasteiger partial charge is 0.137 e. The Morgan fingerprint density at radius 1 is 0.864 bits per heavy atom. The lowest BCUT2D eigenvalue weighted by atomic mass is 10.2. The SMILES string of the molecule is Cc1ccc([Si](C)(Cn2cncn2)c2ccc(C)cc2)cc1. The van der Waals surface area contributed by atoms with E-state index in [1.54, 1.807) is 6.33 Å². The molecule has 3 nitrogen and oxygen atoms in total. The molecule has 0 saturated carbocycles. The Morgan fingerprint density at radius 2 is 1.36 bits per heavy atom. The van der Waals surface area contributed by atoms with Crippen LogP contribution in [0.5, 0.6) is 0 Å². The maximum Gasteiger partial charge on any atom is 0.137 e. The van der Waals surface area contributed by atoms with E-state index in [4.69, 9.17) is 0 Å². The molecule has 0 bridgehead atoms. The van der Waals surface area contributed by atoms with Crippen LogP contribution in [-0.4, -0.2) is 22.8 Å². The van der Waals surface area contributed by atoms with E-state index in [-0.39, 0.29) is 0 Å². The predicted molar refractivity (Wildman–Crippen MR) is 93.3 cm³/mol. The molecule has 0 aliphatic heterocycles. The third-order valence-electron chi connectivity index (χ3n) is 4.32. The van der Waals surface area contributed by atoms with Gasteiger partial charge >= 0.3 is 0 Å². The standard InChI is InChI=1S/C18H21N3Si/c1-15-4-8-17(9-5-15)22(3,14-21-13-19-12-20-21)18-10-6-16(2)7-11-18/h4-13H,14H2,1-3H3. The molecule has 0 radical (unpaired) electrons. The van der Waals surface area contributed by atoms with Gasteiger partial charge in [-0.2, -0.15) is 5.10 Å². The van der Waals surface area contributed by atoms with E-state index in [0.717, 1.165) is 6.17 Å². The lowest BCUT2D eigenvalue weighted by Crippen LogP contribution is -2.59. The summed E-state index contributed by atoms with van der Waals surface area (Å²) in [6.07, 6.45) is 4.33. The predicted octanol–water partition coefficient (Wildman–Crippen LogP) is 2.33. The minimum Gasteiger partial charge on any atom is -0.255 e. The van der Waals surface area contributed by atoms with Crippen molar-refractivity contribution >= 4 is 18.4 Å². The number of hydrogen-bond donors (Lipinski definition) is 0. The quantitative estimate of drug-likeness (QED) is 0.693. The molecule has 22 heavy (non-hydrogen) atoms. The second-order valence-corrected chi connectivity index (χ2v) is 10.3. The lowest BCUT2D eigenvalue weighted by molar-refractivity contribution is 0.727. The van der Waals surface area contributed by atoms with Crippen LogP contribution in [0, 0.1) is 13.8 Å². The molecule has 112 valence electrons. The van der Waals surface area contributed by atoms with Crippen molar-refractivity contribution < 1.29 is 0 Å². The highest BCUT2D eigenvalue weighted by Crippen LogP contribution is 2.10. The van der Waals surface area contributed by atoms with Gasteiger partial charge < -0.3 is 0 Å². The van der Waals surface area contributed by atoms with Crippen LogP contribution in [0.15, 0.2) is 61.2 Å². The van der Waals surface area contributed by atoms with Crippen molar-refractivity contribution in [2.45, 2.75) is 26.6 Å². The molecule has 0 atom stereocenters. The second-order valence-electron chi connectivity index (χ2n) is 6.16. The van der Waals surface area contributed by atoms with Gasteiger partial charge in [0.2, 0.25) is 0 Å². The molecular weight excluding hydrogens is 286 g/mol. The fraction of sp³-hybridized carbons (Fsp3) is 0.222. The van der Waals surface area contributed by atoms with Gasteiger partial charge in [-0.25, -0.2) is 4.98 Å². The average Bonchev–Trinajstić information content (AvgIpc) is 3.01. The molecule has 0 aliphatic rings. The third kappa shape index (κ3) is 2.87. The van der Waals surface area contributed by atoms with Gasteiger partial charge in [-0.05, 0) is 13.8 Å². The first-order valence-corrected chi connectivity index (χ1v) is 10.3. The van der Waals surface area contributed by atoms with Crippen LogP contribution in [0.2, 0.25) is 6.55 Å². The van der Waals surface area contributed by atoms with Crippen molar-refractivity contribution in [3.05, 3.63) is 72.3 Å². The first kappa shape index (κ1) is 14.7. The highest BCUT2D eigenvalue weighted by molar-refractivity contribution is 7.00. The Labute approximate surface area is 132 Å². The Hall–Kier alpha value is -2.20. The summed E-state index contributed by atoms with van der Waals surface area (Å²) in [5.41, 5.74) is 2.59. The van der Waals surface area contributed by atoms with Crippen molar-refractivity contribution in [2.24, 2.45) is 0 Å². The fourth-order valence-corrected chi connectivity index (χ4v) is 6.14. The van der Waals surface area contributed by atoms with Crippen molar-refractivity contribution in [2.75, 3.05) is 0 Å². The molecule has 0 aliphatic carbocycles. The molecule has 0 spiro atoms. The molecule has 0 saturated heterocycles. The maximum absolute atomic E-state index is 4.33. The molecule has 3 rings (SSSR count).